The van der Waals surface area contributed by atoms with Gasteiger partial charge in [-0.25, -0.2) is 4.98 Å². The van der Waals surface area contributed by atoms with Gasteiger partial charge in [0.15, 0.2) is 0 Å². The van der Waals surface area contributed by atoms with E-state index in [9.17, 15) is 9.90 Å². The first-order valence-corrected chi connectivity index (χ1v) is 10.6. The first-order valence-electron chi connectivity index (χ1n) is 10.6. The Morgan fingerprint density at radius 1 is 1.00 bits per heavy atom. The molecule has 4 rings (SSSR count). The fraction of sp³-hybridized carbons (Fsp3) is 0.200. The minimum Gasteiger partial charge on any atom is -0.387 e. The van der Waals surface area contributed by atoms with Crippen molar-refractivity contribution in [3.8, 4) is 0 Å². The number of carbonyl (C=O) groups is 1. The van der Waals surface area contributed by atoms with E-state index >= 15 is 0 Å². The fourth-order valence-corrected chi connectivity index (χ4v) is 3.62. The molecular formula is C25H27N5O2. The zero-order valence-electron chi connectivity index (χ0n) is 17.7. The minimum absolute atomic E-state index is 0.0990. The molecule has 4 aromatic rings. The van der Waals surface area contributed by atoms with Gasteiger partial charge in [0.2, 0.25) is 11.9 Å². The molecule has 1 amide bonds. The van der Waals surface area contributed by atoms with Crippen molar-refractivity contribution in [3.05, 3.63) is 90.0 Å². The van der Waals surface area contributed by atoms with Crippen molar-refractivity contribution < 1.29 is 9.90 Å². The molecule has 0 saturated heterocycles. The van der Waals surface area contributed by atoms with E-state index in [1.165, 1.54) is 0 Å². The highest BCUT2D eigenvalue weighted by Crippen LogP contribution is 2.18. The van der Waals surface area contributed by atoms with Crippen molar-refractivity contribution in [2.45, 2.75) is 19.1 Å². The minimum atomic E-state index is -0.518. The number of hydrogen-bond donors (Lipinski definition) is 4. The summed E-state index contributed by atoms with van der Waals surface area (Å²) in [4.78, 5) is 16.8. The molecule has 3 aromatic carbocycles. The van der Waals surface area contributed by atoms with E-state index in [-0.39, 0.29) is 12.5 Å². The molecular weight excluding hydrogens is 402 g/mol. The van der Waals surface area contributed by atoms with Crippen LogP contribution in [0.15, 0.2) is 78.9 Å². The number of nitrogens with two attached hydrogens (primary N) is 1. The molecule has 0 aliphatic carbocycles. The summed E-state index contributed by atoms with van der Waals surface area (Å²) in [5.74, 6) is 0.158. The molecule has 1 atom stereocenters. The van der Waals surface area contributed by atoms with Crippen molar-refractivity contribution >= 4 is 28.6 Å². The van der Waals surface area contributed by atoms with E-state index in [1.54, 1.807) is 4.57 Å². The summed E-state index contributed by atoms with van der Waals surface area (Å²) < 4.78 is 1.70. The molecule has 7 heteroatoms. The number of aliphatic hydroxyl groups is 1. The van der Waals surface area contributed by atoms with Gasteiger partial charge in [0.25, 0.3) is 0 Å². The van der Waals surface area contributed by atoms with E-state index in [4.69, 9.17) is 5.73 Å². The Hall–Kier alpha value is -3.68. The smallest absolute Gasteiger partial charge is 0.244 e. The predicted molar refractivity (Wildman–Crippen MR) is 127 cm³/mol. The van der Waals surface area contributed by atoms with Crippen LogP contribution in [0.5, 0.6) is 0 Å². The Balaban J connectivity index is 1.24. The molecule has 0 aliphatic rings. The van der Waals surface area contributed by atoms with Crippen LogP contribution in [-0.4, -0.2) is 33.7 Å². The molecule has 0 spiro atoms. The molecule has 0 fully saturated rings. The van der Waals surface area contributed by atoms with Crippen LogP contribution in [0, 0.1) is 0 Å². The van der Waals surface area contributed by atoms with Gasteiger partial charge in [-0.2, -0.15) is 0 Å². The van der Waals surface area contributed by atoms with E-state index in [2.05, 4.69) is 15.6 Å². The zero-order valence-corrected chi connectivity index (χ0v) is 17.7. The average molecular weight is 430 g/mol. The van der Waals surface area contributed by atoms with Gasteiger partial charge in [-0.1, -0.05) is 54.6 Å². The fourth-order valence-electron chi connectivity index (χ4n) is 3.62. The Morgan fingerprint density at radius 2 is 1.72 bits per heavy atom. The second-order valence-electron chi connectivity index (χ2n) is 7.67. The maximum atomic E-state index is 12.5. The Labute approximate surface area is 186 Å². The number of fused-ring (bicyclic) bond motifs is 1. The quantitative estimate of drug-likeness (QED) is 0.306. The summed E-state index contributed by atoms with van der Waals surface area (Å²) in [7, 11) is 0. The molecule has 0 bridgehead atoms. The predicted octanol–water partition coefficient (Wildman–Crippen LogP) is 3.12. The number of aromatic nitrogens is 2. The average Bonchev–Trinajstić information content (AvgIpc) is 3.13. The third kappa shape index (κ3) is 5.32. The molecule has 0 aliphatic heterocycles. The third-order valence-electron chi connectivity index (χ3n) is 5.34. The number of nitrogens with zero attached hydrogens (tertiary/aromatic N) is 2. The van der Waals surface area contributed by atoms with Crippen LogP contribution in [0.1, 0.15) is 17.2 Å². The van der Waals surface area contributed by atoms with E-state index < -0.39 is 6.10 Å². The third-order valence-corrected chi connectivity index (χ3v) is 5.34. The number of benzene rings is 3. The molecule has 1 aromatic heterocycles. The van der Waals surface area contributed by atoms with Crippen LogP contribution >= 0.6 is 0 Å². The first-order chi connectivity index (χ1) is 15.6. The lowest BCUT2D eigenvalue weighted by atomic mass is 10.1. The van der Waals surface area contributed by atoms with Crippen LogP contribution in [0.2, 0.25) is 0 Å². The van der Waals surface area contributed by atoms with Gasteiger partial charge in [0.1, 0.15) is 6.54 Å². The number of amides is 1. The van der Waals surface area contributed by atoms with Crippen LogP contribution in [0.25, 0.3) is 11.0 Å². The topological polar surface area (TPSA) is 105 Å². The standard InChI is InChI=1S/C25H27N5O2/c26-25-29-21-8-4-5-9-22(21)30(25)17-24(32)28-20-12-10-18(11-13-20)14-15-27-16-23(31)19-6-2-1-3-7-19/h1-13,23,27,31H,14-17H2,(H2,26,29)(H,28,32). The molecule has 0 saturated carbocycles. The van der Waals surface area contributed by atoms with Crippen molar-refractivity contribution in [2.75, 3.05) is 24.1 Å². The first kappa shape index (κ1) is 21.5. The molecule has 32 heavy (non-hydrogen) atoms. The SMILES string of the molecule is Nc1nc2ccccc2n1CC(=O)Nc1ccc(CCNCC(O)c2ccccc2)cc1. The molecule has 7 nitrogen and oxygen atoms in total. The molecule has 1 heterocycles. The summed E-state index contributed by atoms with van der Waals surface area (Å²) in [5.41, 5.74) is 10.4. The van der Waals surface area contributed by atoms with Gasteiger partial charge in [0, 0.05) is 12.2 Å². The van der Waals surface area contributed by atoms with Crippen LogP contribution in [0.3, 0.4) is 0 Å². The van der Waals surface area contributed by atoms with Crippen molar-refractivity contribution in [1.82, 2.24) is 14.9 Å². The van der Waals surface area contributed by atoms with E-state index in [0.717, 1.165) is 40.8 Å². The number of nitrogen functional groups attached to an aromatic ring is 1. The lowest BCUT2D eigenvalue weighted by Crippen LogP contribution is -2.23. The lowest BCUT2D eigenvalue weighted by molar-refractivity contribution is -0.116. The van der Waals surface area contributed by atoms with E-state index in [0.29, 0.717) is 12.5 Å². The Kier molecular flexibility index (Phi) is 6.79. The lowest BCUT2D eigenvalue weighted by Gasteiger charge is -2.12. The van der Waals surface area contributed by atoms with Gasteiger partial charge in [-0.15, -0.1) is 0 Å². The summed E-state index contributed by atoms with van der Waals surface area (Å²) >= 11 is 0. The van der Waals surface area contributed by atoms with Crippen LogP contribution < -0.4 is 16.4 Å². The molecule has 1 unspecified atom stereocenters. The Bertz CT molecular complexity index is 1170. The summed E-state index contributed by atoms with van der Waals surface area (Å²) in [6.07, 6.45) is 0.309. The van der Waals surface area contributed by atoms with Gasteiger partial charge in [-0.05, 0) is 48.4 Å². The highest BCUT2D eigenvalue weighted by molar-refractivity contribution is 5.92. The number of aliphatic hydroxyl groups excluding tert-OH is 1. The van der Waals surface area contributed by atoms with Crippen molar-refractivity contribution in [2.24, 2.45) is 0 Å². The van der Waals surface area contributed by atoms with Gasteiger partial charge < -0.3 is 26.0 Å². The monoisotopic (exact) mass is 429 g/mol. The number of anilines is 2. The van der Waals surface area contributed by atoms with Crippen LogP contribution in [-0.2, 0) is 17.8 Å². The van der Waals surface area contributed by atoms with E-state index in [1.807, 2.05) is 78.9 Å². The zero-order chi connectivity index (χ0) is 22.3. The highest BCUT2D eigenvalue weighted by Gasteiger charge is 2.11. The molecule has 5 N–H and O–H groups in total. The number of carbonyl (C=O) groups excluding carboxylic acids is 1. The second-order valence-corrected chi connectivity index (χ2v) is 7.67. The number of nitrogens with one attached hydrogen (secondary N) is 2. The number of hydrogen-bond acceptors (Lipinski definition) is 5. The summed E-state index contributed by atoms with van der Waals surface area (Å²) in [6, 6.07) is 24.9. The number of imidazole rings is 1. The van der Waals surface area contributed by atoms with Gasteiger partial charge in [-0.3, -0.25) is 4.79 Å². The second kappa shape index (κ2) is 10.1. The van der Waals surface area contributed by atoms with Gasteiger partial charge in [0.05, 0.1) is 17.1 Å². The summed E-state index contributed by atoms with van der Waals surface area (Å²) in [6.45, 7) is 1.36. The van der Waals surface area contributed by atoms with Crippen LogP contribution in [0.4, 0.5) is 11.6 Å². The van der Waals surface area contributed by atoms with Gasteiger partial charge >= 0.3 is 0 Å². The highest BCUT2D eigenvalue weighted by atomic mass is 16.3. The summed E-state index contributed by atoms with van der Waals surface area (Å²) in [5, 5.41) is 16.4. The maximum Gasteiger partial charge on any atom is 0.244 e. The normalized spacial score (nSPS) is 12.0. The Morgan fingerprint density at radius 3 is 2.50 bits per heavy atom. The number of para-hydroxylation sites is 2. The maximum absolute atomic E-state index is 12.5. The van der Waals surface area contributed by atoms with Crippen molar-refractivity contribution in [1.29, 1.82) is 0 Å². The molecule has 0 radical (unpaired) electrons. The molecule has 164 valence electrons. The number of rotatable bonds is 9. The van der Waals surface area contributed by atoms with Crippen molar-refractivity contribution in [3.63, 3.8) is 0 Å². The largest absolute Gasteiger partial charge is 0.387 e.